The maximum atomic E-state index is 14.0. The molecule has 1 heterocycles. The van der Waals surface area contributed by atoms with Crippen molar-refractivity contribution in [3.63, 3.8) is 0 Å². The fraction of sp³-hybridized carbons (Fsp3) is 0.529. The van der Waals surface area contributed by atoms with Crippen LogP contribution in [-0.2, 0) is 27.4 Å². The number of hydrogen-bond acceptors (Lipinski definition) is 4. The molecular formula is C17H22FNO4. The molecule has 2 rings (SSSR count). The van der Waals surface area contributed by atoms with Crippen LogP contribution in [0.3, 0.4) is 0 Å². The number of rotatable bonds is 4. The molecule has 1 aromatic carbocycles. The number of hydrogen-bond donors (Lipinski definition) is 0. The van der Waals surface area contributed by atoms with Crippen LogP contribution in [0.5, 0.6) is 5.75 Å². The van der Waals surface area contributed by atoms with Crippen LogP contribution in [0.15, 0.2) is 12.1 Å². The Hall–Kier alpha value is -2.11. The minimum Gasteiger partial charge on any atom is -0.497 e. The summed E-state index contributed by atoms with van der Waals surface area (Å²) in [7, 11) is 1.47. The van der Waals surface area contributed by atoms with Gasteiger partial charge in [0.05, 0.1) is 13.5 Å². The average Bonchev–Trinajstić information content (AvgIpc) is 2.87. The molecule has 0 N–H and O–H groups in total. The predicted molar refractivity (Wildman–Crippen MR) is 82.3 cm³/mol. The molecule has 0 atom stereocenters. The van der Waals surface area contributed by atoms with Crippen LogP contribution in [0.2, 0.25) is 0 Å². The van der Waals surface area contributed by atoms with Gasteiger partial charge in [-0.05, 0) is 32.4 Å². The second-order valence-electron chi connectivity index (χ2n) is 6.58. The topological polar surface area (TPSA) is 55.8 Å². The third kappa shape index (κ3) is 4.43. The molecular weight excluding hydrogens is 301 g/mol. The molecule has 0 unspecified atom stereocenters. The van der Waals surface area contributed by atoms with Crippen molar-refractivity contribution < 1.29 is 23.5 Å². The first kappa shape index (κ1) is 17.2. The smallest absolute Gasteiger partial charge is 0.306 e. The Labute approximate surface area is 135 Å². The summed E-state index contributed by atoms with van der Waals surface area (Å²) in [5, 5.41) is 0. The van der Waals surface area contributed by atoms with Gasteiger partial charge in [-0.2, -0.15) is 0 Å². The largest absolute Gasteiger partial charge is 0.497 e. The third-order valence-electron chi connectivity index (χ3n) is 3.52. The molecule has 6 heteroatoms. The Morgan fingerprint density at radius 3 is 2.52 bits per heavy atom. The molecule has 0 fully saturated rings. The zero-order chi connectivity index (χ0) is 17.2. The molecule has 0 spiro atoms. The quantitative estimate of drug-likeness (QED) is 0.800. The zero-order valence-electron chi connectivity index (χ0n) is 13.9. The van der Waals surface area contributed by atoms with Gasteiger partial charge in [0, 0.05) is 31.1 Å². The van der Waals surface area contributed by atoms with E-state index in [1.54, 1.807) is 26.8 Å². The Bertz CT molecular complexity index is 622. The number of carbonyl (C=O) groups excluding carboxylic acids is 2. The molecule has 0 aromatic heterocycles. The predicted octanol–water partition coefficient (Wildman–Crippen LogP) is 2.80. The first-order valence-electron chi connectivity index (χ1n) is 7.54. The molecule has 0 saturated heterocycles. The molecule has 1 amide bonds. The lowest BCUT2D eigenvalue weighted by molar-refractivity contribution is -0.156. The van der Waals surface area contributed by atoms with E-state index in [0.717, 1.165) is 5.56 Å². The van der Waals surface area contributed by atoms with Crippen molar-refractivity contribution >= 4 is 11.9 Å². The summed E-state index contributed by atoms with van der Waals surface area (Å²) in [5.41, 5.74) is 0.688. The zero-order valence-corrected chi connectivity index (χ0v) is 13.9. The minimum atomic E-state index is -0.566. The summed E-state index contributed by atoms with van der Waals surface area (Å²) in [6.07, 6.45) is 0.0798. The van der Waals surface area contributed by atoms with Crippen LogP contribution < -0.4 is 4.74 Å². The van der Waals surface area contributed by atoms with Crippen LogP contribution in [0.1, 0.15) is 44.7 Å². The summed E-state index contributed by atoms with van der Waals surface area (Å²) in [6, 6.07) is 3.05. The lowest BCUT2D eigenvalue weighted by atomic mass is 10.1. The molecule has 5 nitrogen and oxygen atoms in total. The van der Waals surface area contributed by atoms with E-state index in [1.807, 2.05) is 0 Å². The Kier molecular flexibility index (Phi) is 4.92. The number of fused-ring (bicyclic) bond motifs is 1. The van der Waals surface area contributed by atoms with Gasteiger partial charge >= 0.3 is 5.97 Å². The minimum absolute atomic E-state index is 0.0226. The first-order valence-corrected chi connectivity index (χ1v) is 7.54. The van der Waals surface area contributed by atoms with Crippen molar-refractivity contribution in [3.8, 4) is 5.75 Å². The van der Waals surface area contributed by atoms with E-state index in [2.05, 4.69) is 0 Å². The van der Waals surface area contributed by atoms with Gasteiger partial charge in [-0.1, -0.05) is 0 Å². The van der Waals surface area contributed by atoms with Crippen LogP contribution in [-0.4, -0.2) is 29.5 Å². The molecule has 0 aliphatic carbocycles. The summed E-state index contributed by atoms with van der Waals surface area (Å²) < 4.78 is 24.2. The second kappa shape index (κ2) is 6.56. The number of benzene rings is 1. The molecule has 0 saturated carbocycles. The number of carbonyl (C=O) groups is 2. The van der Waals surface area contributed by atoms with Gasteiger partial charge in [-0.3, -0.25) is 9.59 Å². The molecule has 23 heavy (non-hydrogen) atoms. The van der Waals surface area contributed by atoms with Gasteiger partial charge in [-0.25, -0.2) is 4.39 Å². The summed E-state index contributed by atoms with van der Waals surface area (Å²) in [5.74, 6) is -0.535. The van der Waals surface area contributed by atoms with Crippen molar-refractivity contribution in [2.45, 2.75) is 52.3 Å². The molecule has 1 aliphatic rings. The first-order chi connectivity index (χ1) is 10.7. The highest BCUT2D eigenvalue weighted by Crippen LogP contribution is 2.30. The highest BCUT2D eigenvalue weighted by atomic mass is 19.1. The van der Waals surface area contributed by atoms with Gasteiger partial charge in [0.1, 0.15) is 17.2 Å². The number of halogens is 1. The van der Waals surface area contributed by atoms with Gasteiger partial charge in [-0.15, -0.1) is 0 Å². The Morgan fingerprint density at radius 2 is 1.91 bits per heavy atom. The van der Waals surface area contributed by atoms with Gasteiger partial charge in [0.25, 0.3) is 0 Å². The van der Waals surface area contributed by atoms with Crippen LogP contribution in [0.4, 0.5) is 4.39 Å². The fourth-order valence-corrected chi connectivity index (χ4v) is 2.49. The van der Waals surface area contributed by atoms with E-state index in [-0.39, 0.29) is 31.1 Å². The Morgan fingerprint density at radius 1 is 1.22 bits per heavy atom. The van der Waals surface area contributed by atoms with Crippen LogP contribution in [0.25, 0.3) is 0 Å². The van der Waals surface area contributed by atoms with Crippen molar-refractivity contribution in [2.24, 2.45) is 0 Å². The van der Waals surface area contributed by atoms with Crippen LogP contribution >= 0.6 is 0 Å². The maximum Gasteiger partial charge on any atom is 0.306 e. The van der Waals surface area contributed by atoms with E-state index in [4.69, 9.17) is 9.47 Å². The summed E-state index contributed by atoms with van der Waals surface area (Å²) >= 11 is 0. The summed E-state index contributed by atoms with van der Waals surface area (Å²) in [4.78, 5) is 25.4. The third-order valence-corrected chi connectivity index (χ3v) is 3.52. The van der Waals surface area contributed by atoms with Crippen molar-refractivity contribution in [2.75, 3.05) is 7.11 Å². The highest BCUT2D eigenvalue weighted by molar-refractivity contribution is 5.82. The van der Waals surface area contributed by atoms with E-state index < -0.39 is 11.6 Å². The lowest BCUT2D eigenvalue weighted by Crippen LogP contribution is -2.28. The van der Waals surface area contributed by atoms with E-state index in [9.17, 15) is 14.0 Å². The average molecular weight is 323 g/mol. The van der Waals surface area contributed by atoms with Gasteiger partial charge in [0.15, 0.2) is 0 Å². The van der Waals surface area contributed by atoms with E-state index in [0.29, 0.717) is 17.9 Å². The van der Waals surface area contributed by atoms with E-state index in [1.165, 1.54) is 18.1 Å². The summed E-state index contributed by atoms with van der Waals surface area (Å²) in [6.45, 7) is 5.88. The standard InChI is InChI=1S/C17H22FNO4/c1-17(2,3)23-16(21)6-5-15(20)19-9-11-7-12(22-4)8-14(18)13(11)10-19/h7-8H,5-6,9-10H2,1-4H3. The normalized spacial score (nSPS) is 13.7. The van der Waals surface area contributed by atoms with Crippen molar-refractivity contribution in [1.29, 1.82) is 0 Å². The number of esters is 1. The maximum absolute atomic E-state index is 14.0. The Balaban J connectivity index is 1.93. The van der Waals surface area contributed by atoms with Crippen LogP contribution in [0, 0.1) is 5.82 Å². The monoisotopic (exact) mass is 323 g/mol. The van der Waals surface area contributed by atoms with E-state index >= 15 is 0 Å². The molecule has 0 radical (unpaired) electrons. The molecule has 1 aromatic rings. The lowest BCUT2D eigenvalue weighted by Gasteiger charge is -2.20. The fourth-order valence-electron chi connectivity index (χ4n) is 2.49. The van der Waals surface area contributed by atoms with Gasteiger partial charge in [0.2, 0.25) is 5.91 Å². The number of amides is 1. The molecule has 0 bridgehead atoms. The van der Waals surface area contributed by atoms with Crippen molar-refractivity contribution in [1.82, 2.24) is 4.90 Å². The number of ether oxygens (including phenoxy) is 2. The number of methoxy groups -OCH3 is 1. The SMILES string of the molecule is COc1cc(F)c2c(c1)CN(C(=O)CCC(=O)OC(C)(C)C)C2. The van der Waals surface area contributed by atoms with Gasteiger partial charge < -0.3 is 14.4 Å². The number of nitrogens with zero attached hydrogens (tertiary/aromatic N) is 1. The van der Waals surface area contributed by atoms with Crippen molar-refractivity contribution in [3.05, 3.63) is 29.1 Å². The second-order valence-corrected chi connectivity index (χ2v) is 6.58. The highest BCUT2D eigenvalue weighted by Gasteiger charge is 2.27. The molecule has 126 valence electrons. The molecule has 1 aliphatic heterocycles.